The Bertz CT molecular complexity index is 903. The number of aromatic nitrogens is 1. The van der Waals surface area contributed by atoms with E-state index in [2.05, 4.69) is 21.2 Å². The number of carbonyl (C=O) groups excluding carboxylic acids is 1. The molecular weight excluding hydrogens is 368 g/mol. The SMILES string of the molecule is O=C(Nc1ccc(Br)cc1)c1cccn(Cc2ccccc2)c1=O. The van der Waals surface area contributed by atoms with E-state index in [1.54, 1.807) is 24.4 Å². The van der Waals surface area contributed by atoms with Crippen LogP contribution in [0.4, 0.5) is 5.69 Å². The van der Waals surface area contributed by atoms with Gasteiger partial charge in [0.2, 0.25) is 0 Å². The zero-order chi connectivity index (χ0) is 16.9. The summed E-state index contributed by atoms with van der Waals surface area (Å²) < 4.78 is 2.46. The minimum absolute atomic E-state index is 0.122. The van der Waals surface area contributed by atoms with Crippen LogP contribution >= 0.6 is 15.9 Å². The topological polar surface area (TPSA) is 51.1 Å². The number of halogens is 1. The lowest BCUT2D eigenvalue weighted by molar-refractivity contribution is 0.102. The number of nitrogens with one attached hydrogen (secondary N) is 1. The van der Waals surface area contributed by atoms with Crippen molar-refractivity contribution in [2.45, 2.75) is 6.54 Å². The molecule has 0 bridgehead atoms. The molecule has 0 aliphatic heterocycles. The first-order chi connectivity index (χ1) is 11.6. The first kappa shape index (κ1) is 16.2. The van der Waals surface area contributed by atoms with Gasteiger partial charge in [-0.3, -0.25) is 9.59 Å². The zero-order valence-electron chi connectivity index (χ0n) is 12.8. The molecule has 1 aromatic heterocycles. The molecule has 0 fully saturated rings. The third kappa shape index (κ3) is 3.81. The van der Waals surface area contributed by atoms with E-state index in [-0.39, 0.29) is 11.1 Å². The first-order valence-corrected chi connectivity index (χ1v) is 8.23. The molecule has 4 nitrogen and oxygen atoms in total. The van der Waals surface area contributed by atoms with Crippen molar-refractivity contribution in [1.29, 1.82) is 0 Å². The number of hydrogen-bond donors (Lipinski definition) is 1. The van der Waals surface area contributed by atoms with Crippen LogP contribution in [-0.2, 0) is 6.54 Å². The van der Waals surface area contributed by atoms with Crippen molar-refractivity contribution in [1.82, 2.24) is 4.57 Å². The van der Waals surface area contributed by atoms with E-state index in [0.29, 0.717) is 12.2 Å². The molecule has 24 heavy (non-hydrogen) atoms. The predicted molar refractivity (Wildman–Crippen MR) is 98.3 cm³/mol. The van der Waals surface area contributed by atoms with Crippen molar-refractivity contribution in [2.24, 2.45) is 0 Å². The molecule has 2 aromatic carbocycles. The van der Waals surface area contributed by atoms with Gasteiger partial charge < -0.3 is 9.88 Å². The molecule has 0 radical (unpaired) electrons. The molecule has 5 heteroatoms. The van der Waals surface area contributed by atoms with Gasteiger partial charge >= 0.3 is 0 Å². The van der Waals surface area contributed by atoms with Crippen molar-refractivity contribution in [3.63, 3.8) is 0 Å². The minimum atomic E-state index is -0.412. The highest BCUT2D eigenvalue weighted by Crippen LogP contribution is 2.14. The molecule has 0 aliphatic carbocycles. The molecule has 120 valence electrons. The van der Waals surface area contributed by atoms with Crippen LogP contribution in [0.2, 0.25) is 0 Å². The molecule has 1 heterocycles. The average molecular weight is 383 g/mol. The Labute approximate surface area is 147 Å². The maximum atomic E-state index is 12.6. The van der Waals surface area contributed by atoms with Gasteiger partial charge in [0, 0.05) is 16.4 Å². The number of anilines is 1. The van der Waals surface area contributed by atoms with Gasteiger partial charge in [0.05, 0.1) is 6.54 Å². The molecule has 0 aliphatic rings. The van der Waals surface area contributed by atoms with Crippen LogP contribution in [0.3, 0.4) is 0 Å². The number of amides is 1. The Morgan fingerprint density at radius 2 is 1.67 bits per heavy atom. The summed E-state index contributed by atoms with van der Waals surface area (Å²) in [5.74, 6) is -0.412. The van der Waals surface area contributed by atoms with Gasteiger partial charge in [0.15, 0.2) is 0 Å². The molecule has 0 saturated carbocycles. The van der Waals surface area contributed by atoms with E-state index >= 15 is 0 Å². The van der Waals surface area contributed by atoms with Crippen LogP contribution < -0.4 is 10.9 Å². The average Bonchev–Trinajstić information content (AvgIpc) is 2.60. The third-order valence-corrected chi connectivity index (χ3v) is 4.09. The fourth-order valence-corrected chi connectivity index (χ4v) is 2.61. The van der Waals surface area contributed by atoms with E-state index in [1.807, 2.05) is 42.5 Å². The summed E-state index contributed by atoms with van der Waals surface area (Å²) in [7, 11) is 0. The second-order valence-electron chi connectivity index (χ2n) is 5.30. The van der Waals surface area contributed by atoms with Crippen molar-refractivity contribution >= 4 is 27.5 Å². The summed E-state index contributed by atoms with van der Waals surface area (Å²) in [6.45, 7) is 0.430. The van der Waals surface area contributed by atoms with E-state index in [1.165, 1.54) is 10.6 Å². The number of hydrogen-bond acceptors (Lipinski definition) is 2. The highest BCUT2D eigenvalue weighted by atomic mass is 79.9. The normalized spacial score (nSPS) is 10.4. The first-order valence-electron chi connectivity index (χ1n) is 7.44. The molecule has 1 amide bonds. The van der Waals surface area contributed by atoms with Crippen LogP contribution in [-0.4, -0.2) is 10.5 Å². The van der Waals surface area contributed by atoms with Gasteiger partial charge in [-0.25, -0.2) is 0 Å². The Morgan fingerprint density at radius 1 is 0.958 bits per heavy atom. The Morgan fingerprint density at radius 3 is 2.38 bits per heavy atom. The highest BCUT2D eigenvalue weighted by molar-refractivity contribution is 9.10. The Kier molecular flexibility index (Phi) is 4.91. The quantitative estimate of drug-likeness (QED) is 0.743. The van der Waals surface area contributed by atoms with E-state index in [0.717, 1.165) is 10.0 Å². The van der Waals surface area contributed by atoms with Crippen LogP contribution in [0.15, 0.2) is 82.2 Å². The lowest BCUT2D eigenvalue weighted by Gasteiger charge is -2.09. The van der Waals surface area contributed by atoms with E-state index < -0.39 is 5.91 Å². The van der Waals surface area contributed by atoms with Crippen LogP contribution in [0.1, 0.15) is 15.9 Å². The number of nitrogens with zero attached hydrogens (tertiary/aromatic N) is 1. The van der Waals surface area contributed by atoms with Crippen molar-refractivity contribution in [3.05, 3.63) is 98.9 Å². The maximum absolute atomic E-state index is 12.6. The Hall–Kier alpha value is -2.66. The summed E-state index contributed by atoms with van der Waals surface area (Å²) in [5.41, 5.74) is 1.46. The molecule has 0 unspecified atom stereocenters. The summed E-state index contributed by atoms with van der Waals surface area (Å²) in [4.78, 5) is 24.9. The zero-order valence-corrected chi connectivity index (χ0v) is 14.4. The second kappa shape index (κ2) is 7.27. The predicted octanol–water partition coefficient (Wildman–Crippen LogP) is 3.91. The molecule has 3 aromatic rings. The monoisotopic (exact) mass is 382 g/mol. The van der Waals surface area contributed by atoms with Crippen LogP contribution in [0, 0.1) is 0 Å². The third-order valence-electron chi connectivity index (χ3n) is 3.56. The number of carbonyl (C=O) groups is 1. The molecule has 0 spiro atoms. The largest absolute Gasteiger partial charge is 0.322 e. The van der Waals surface area contributed by atoms with Gasteiger partial charge in [-0.05, 0) is 42.0 Å². The van der Waals surface area contributed by atoms with Gasteiger partial charge in [-0.1, -0.05) is 46.3 Å². The van der Waals surface area contributed by atoms with Crippen molar-refractivity contribution in [3.8, 4) is 0 Å². The van der Waals surface area contributed by atoms with Gasteiger partial charge in [-0.15, -0.1) is 0 Å². The fourth-order valence-electron chi connectivity index (χ4n) is 2.35. The molecule has 0 saturated heterocycles. The minimum Gasteiger partial charge on any atom is -0.322 e. The van der Waals surface area contributed by atoms with Gasteiger partial charge in [0.25, 0.3) is 11.5 Å². The molecule has 1 N–H and O–H groups in total. The van der Waals surface area contributed by atoms with Crippen LogP contribution in [0.5, 0.6) is 0 Å². The second-order valence-corrected chi connectivity index (χ2v) is 6.22. The fraction of sp³-hybridized carbons (Fsp3) is 0.0526. The van der Waals surface area contributed by atoms with Crippen molar-refractivity contribution < 1.29 is 4.79 Å². The van der Waals surface area contributed by atoms with Gasteiger partial charge in [0.1, 0.15) is 5.56 Å². The summed E-state index contributed by atoms with van der Waals surface area (Å²) in [5, 5.41) is 2.74. The molecular formula is C19H15BrN2O2. The molecule has 3 rings (SSSR count). The number of rotatable bonds is 4. The molecule has 0 atom stereocenters. The number of benzene rings is 2. The standard InChI is InChI=1S/C19H15BrN2O2/c20-15-8-10-16(11-9-15)21-18(23)17-7-4-12-22(19(17)24)13-14-5-2-1-3-6-14/h1-12H,13H2,(H,21,23). The highest BCUT2D eigenvalue weighted by Gasteiger charge is 2.12. The van der Waals surface area contributed by atoms with Crippen LogP contribution in [0.25, 0.3) is 0 Å². The summed E-state index contributed by atoms with van der Waals surface area (Å²) in [6, 6.07) is 20.1. The Balaban J connectivity index is 1.83. The smallest absolute Gasteiger partial charge is 0.263 e. The van der Waals surface area contributed by atoms with Gasteiger partial charge in [-0.2, -0.15) is 0 Å². The summed E-state index contributed by atoms with van der Waals surface area (Å²) >= 11 is 3.34. The lowest BCUT2D eigenvalue weighted by atomic mass is 10.2. The maximum Gasteiger partial charge on any atom is 0.263 e. The lowest BCUT2D eigenvalue weighted by Crippen LogP contribution is -2.29. The number of pyridine rings is 1. The van der Waals surface area contributed by atoms with E-state index in [9.17, 15) is 9.59 Å². The summed E-state index contributed by atoms with van der Waals surface area (Å²) in [6.07, 6.45) is 1.69. The van der Waals surface area contributed by atoms with E-state index in [4.69, 9.17) is 0 Å². The van der Waals surface area contributed by atoms with Crippen molar-refractivity contribution in [2.75, 3.05) is 5.32 Å².